The number of hydrogen-bond donors (Lipinski definition) is 1. The Morgan fingerprint density at radius 3 is 2.56 bits per heavy atom. The van der Waals surface area contributed by atoms with Gasteiger partial charge in [-0.05, 0) is 54.1 Å². The van der Waals surface area contributed by atoms with Gasteiger partial charge in [-0.25, -0.2) is 9.97 Å². The van der Waals surface area contributed by atoms with Gasteiger partial charge in [0, 0.05) is 48.8 Å². The average Bonchev–Trinajstić information content (AvgIpc) is 3.73. The molecule has 2 aromatic carbocycles. The monoisotopic (exact) mass is 556 g/mol. The number of halogens is 3. The molecule has 6 aromatic rings. The first-order chi connectivity index (χ1) is 19.8. The quantitative estimate of drug-likeness (QED) is 0.255. The summed E-state index contributed by atoms with van der Waals surface area (Å²) in [6, 6.07) is 17.2. The van der Waals surface area contributed by atoms with Crippen molar-refractivity contribution in [1.29, 1.82) is 0 Å². The molecule has 0 fully saturated rings. The van der Waals surface area contributed by atoms with Crippen molar-refractivity contribution < 1.29 is 22.4 Å². The fraction of sp³-hybridized carbons (Fsp3) is 0.133. The maximum Gasteiger partial charge on any atom is 0.416 e. The van der Waals surface area contributed by atoms with Crippen LogP contribution in [0.3, 0.4) is 0 Å². The third kappa shape index (κ3) is 5.33. The minimum absolute atomic E-state index is 0.102. The summed E-state index contributed by atoms with van der Waals surface area (Å²) in [5, 5.41) is 3.13. The highest BCUT2D eigenvalue weighted by Gasteiger charge is 2.31. The van der Waals surface area contributed by atoms with Crippen molar-refractivity contribution in [1.82, 2.24) is 29.4 Å². The molecule has 1 unspecified atom stereocenters. The minimum Gasteiger partial charge on any atom is -0.451 e. The molecule has 0 bridgehead atoms. The Hall–Kier alpha value is -5.19. The van der Waals surface area contributed by atoms with E-state index >= 15 is 0 Å². The van der Waals surface area contributed by atoms with Gasteiger partial charge in [0.15, 0.2) is 5.76 Å². The van der Waals surface area contributed by atoms with Crippen molar-refractivity contribution in [3.63, 3.8) is 0 Å². The molecule has 1 amide bonds. The first-order valence-electron chi connectivity index (χ1n) is 12.7. The molecule has 0 saturated carbocycles. The van der Waals surface area contributed by atoms with Gasteiger partial charge in [0.05, 0.1) is 29.8 Å². The highest BCUT2D eigenvalue weighted by Crippen LogP contribution is 2.33. The van der Waals surface area contributed by atoms with Crippen molar-refractivity contribution in [2.45, 2.75) is 18.6 Å². The highest BCUT2D eigenvalue weighted by atomic mass is 19.4. The number of rotatable bonds is 7. The van der Waals surface area contributed by atoms with E-state index < -0.39 is 23.7 Å². The van der Waals surface area contributed by atoms with E-state index in [-0.39, 0.29) is 16.7 Å². The molecular weight excluding hydrogens is 533 g/mol. The Labute approximate surface area is 232 Å². The Morgan fingerprint density at radius 2 is 1.85 bits per heavy atom. The lowest BCUT2D eigenvalue weighted by Gasteiger charge is -2.18. The lowest BCUT2D eigenvalue weighted by atomic mass is 10.1. The zero-order valence-electron chi connectivity index (χ0n) is 21.7. The number of imidazole rings is 2. The number of benzene rings is 2. The first-order valence-corrected chi connectivity index (χ1v) is 12.7. The number of aromatic nitrogens is 5. The largest absolute Gasteiger partial charge is 0.451 e. The second-order valence-corrected chi connectivity index (χ2v) is 9.49. The van der Waals surface area contributed by atoms with E-state index in [0.717, 1.165) is 34.8 Å². The van der Waals surface area contributed by atoms with Gasteiger partial charge in [-0.3, -0.25) is 9.78 Å². The molecule has 6 rings (SSSR count). The van der Waals surface area contributed by atoms with Gasteiger partial charge < -0.3 is 18.9 Å². The van der Waals surface area contributed by atoms with E-state index in [0.29, 0.717) is 12.2 Å². The first kappa shape index (κ1) is 26.1. The van der Waals surface area contributed by atoms with E-state index in [2.05, 4.69) is 20.3 Å². The van der Waals surface area contributed by atoms with Crippen molar-refractivity contribution in [2.75, 3.05) is 0 Å². The number of carbonyl (C=O) groups excluding carboxylic acids is 1. The number of hydrogen-bond acceptors (Lipinski definition) is 5. The van der Waals surface area contributed by atoms with Crippen LogP contribution in [0.1, 0.15) is 33.7 Å². The van der Waals surface area contributed by atoms with Crippen LogP contribution in [0.2, 0.25) is 0 Å². The number of amides is 1. The van der Waals surface area contributed by atoms with Crippen LogP contribution < -0.4 is 5.32 Å². The van der Waals surface area contributed by atoms with Gasteiger partial charge in [-0.2, -0.15) is 13.2 Å². The molecule has 1 atom stereocenters. The third-order valence-electron chi connectivity index (χ3n) is 6.81. The zero-order chi connectivity index (χ0) is 28.6. The summed E-state index contributed by atoms with van der Waals surface area (Å²) in [7, 11) is 1.86. The van der Waals surface area contributed by atoms with Crippen molar-refractivity contribution in [3.05, 3.63) is 121 Å². The second kappa shape index (κ2) is 10.4. The maximum atomic E-state index is 13.3. The predicted octanol–water partition coefficient (Wildman–Crippen LogP) is 6.15. The number of furan rings is 1. The standard InChI is InChI=1S/C30H23F3N6O2/c1-38-25(19-5-8-23(9-6-19)39-13-12-34-18-39)17-36-28(38)24(16-22-4-2-3-11-35-22)37-29(40)27-15-20-14-21(30(31,32)33)7-10-26(20)41-27/h2-15,17-18,24H,16H2,1H3,(H,37,40). The van der Waals surface area contributed by atoms with Crippen LogP contribution in [0.25, 0.3) is 27.9 Å². The average molecular weight is 557 g/mol. The molecule has 4 heterocycles. The zero-order valence-corrected chi connectivity index (χ0v) is 21.7. The van der Waals surface area contributed by atoms with Gasteiger partial charge in [0.25, 0.3) is 5.91 Å². The maximum absolute atomic E-state index is 13.3. The molecule has 206 valence electrons. The Balaban J connectivity index is 1.30. The predicted molar refractivity (Wildman–Crippen MR) is 145 cm³/mol. The molecule has 8 nitrogen and oxygen atoms in total. The van der Waals surface area contributed by atoms with E-state index in [1.165, 1.54) is 12.1 Å². The number of fused-ring (bicyclic) bond motifs is 1. The molecule has 0 aliphatic rings. The Morgan fingerprint density at radius 1 is 1.02 bits per heavy atom. The summed E-state index contributed by atoms with van der Waals surface area (Å²) >= 11 is 0. The number of pyridine rings is 1. The van der Waals surface area contributed by atoms with Crippen LogP contribution in [0.5, 0.6) is 0 Å². The van der Waals surface area contributed by atoms with Crippen molar-refractivity contribution in [3.8, 4) is 16.9 Å². The number of alkyl halides is 3. The molecule has 0 saturated heterocycles. The van der Waals surface area contributed by atoms with Crippen LogP contribution in [0.4, 0.5) is 13.2 Å². The van der Waals surface area contributed by atoms with Crippen molar-refractivity contribution in [2.24, 2.45) is 7.05 Å². The van der Waals surface area contributed by atoms with Gasteiger partial charge >= 0.3 is 6.18 Å². The smallest absolute Gasteiger partial charge is 0.416 e. The normalized spacial score (nSPS) is 12.5. The molecule has 4 aromatic heterocycles. The van der Waals surface area contributed by atoms with Crippen LogP contribution in [0.15, 0.2) is 102 Å². The summed E-state index contributed by atoms with van der Waals surface area (Å²) in [5.41, 5.74) is 2.82. The van der Waals surface area contributed by atoms with E-state index in [4.69, 9.17) is 4.42 Å². The number of nitrogens with zero attached hydrogens (tertiary/aromatic N) is 5. The summed E-state index contributed by atoms with van der Waals surface area (Å²) < 4.78 is 48.9. The molecule has 0 aliphatic heterocycles. The fourth-order valence-electron chi connectivity index (χ4n) is 4.73. The molecular formula is C30H23F3N6O2. The van der Waals surface area contributed by atoms with Crippen LogP contribution in [-0.4, -0.2) is 30.0 Å². The summed E-state index contributed by atoms with van der Waals surface area (Å²) in [6.45, 7) is 0. The highest BCUT2D eigenvalue weighted by molar-refractivity contribution is 5.96. The van der Waals surface area contributed by atoms with E-state index in [9.17, 15) is 18.0 Å². The summed E-state index contributed by atoms with van der Waals surface area (Å²) in [6.07, 6.45) is 4.52. The molecule has 11 heteroatoms. The fourth-order valence-corrected chi connectivity index (χ4v) is 4.73. The van der Waals surface area contributed by atoms with E-state index in [1.807, 2.05) is 58.8 Å². The van der Waals surface area contributed by atoms with Gasteiger partial charge in [0.1, 0.15) is 11.4 Å². The molecule has 0 radical (unpaired) electrons. The Bertz CT molecular complexity index is 1810. The second-order valence-electron chi connectivity index (χ2n) is 9.49. The number of carbonyl (C=O) groups is 1. The molecule has 0 spiro atoms. The Kier molecular flexibility index (Phi) is 6.62. The lowest BCUT2D eigenvalue weighted by molar-refractivity contribution is -0.137. The van der Waals surface area contributed by atoms with Crippen LogP contribution in [0, 0.1) is 0 Å². The lowest BCUT2D eigenvalue weighted by Crippen LogP contribution is -2.31. The van der Waals surface area contributed by atoms with Gasteiger partial charge in [-0.1, -0.05) is 18.2 Å². The number of nitrogens with one attached hydrogen (secondary N) is 1. The molecule has 41 heavy (non-hydrogen) atoms. The van der Waals surface area contributed by atoms with E-state index in [1.54, 1.807) is 31.0 Å². The van der Waals surface area contributed by atoms with Crippen LogP contribution >= 0.6 is 0 Å². The molecule has 0 aliphatic carbocycles. The van der Waals surface area contributed by atoms with Gasteiger partial charge in [-0.15, -0.1) is 0 Å². The molecule has 1 N–H and O–H groups in total. The SMILES string of the molecule is Cn1c(-c2ccc(-n3ccnc3)cc2)cnc1C(Cc1ccccn1)NC(=O)c1cc2cc(C(F)(F)F)ccc2o1. The van der Waals surface area contributed by atoms with Crippen LogP contribution in [-0.2, 0) is 19.6 Å². The van der Waals surface area contributed by atoms with Gasteiger partial charge in [0.2, 0.25) is 0 Å². The third-order valence-corrected chi connectivity index (χ3v) is 6.81. The minimum atomic E-state index is -4.50. The summed E-state index contributed by atoms with van der Waals surface area (Å²) in [5.74, 6) is -0.104. The topological polar surface area (TPSA) is 90.8 Å². The summed E-state index contributed by atoms with van der Waals surface area (Å²) in [4.78, 5) is 26.4. The van der Waals surface area contributed by atoms with Crippen molar-refractivity contribution >= 4 is 16.9 Å².